The van der Waals surface area contributed by atoms with E-state index in [1.807, 2.05) is 30.3 Å². The topological polar surface area (TPSA) is 69.6 Å². The third kappa shape index (κ3) is 4.12. The molecule has 130 valence electrons. The number of nitrogens with one attached hydrogen (secondary N) is 1. The molecule has 0 aliphatic carbocycles. The number of benzene rings is 2. The molecule has 1 aliphatic heterocycles. The summed E-state index contributed by atoms with van der Waals surface area (Å²) in [5.74, 6) is -0.256. The quantitative estimate of drug-likeness (QED) is 0.880. The monoisotopic (exact) mass is 358 g/mol. The second-order valence-electron chi connectivity index (χ2n) is 6.12. The zero-order chi connectivity index (χ0) is 17.8. The van der Waals surface area contributed by atoms with Crippen LogP contribution in [-0.4, -0.2) is 41.1 Å². The predicted octanol–water partition coefficient (Wildman–Crippen LogP) is 3.61. The molecule has 1 fully saturated rings. The zero-order valence-corrected chi connectivity index (χ0v) is 14.3. The van der Waals surface area contributed by atoms with Gasteiger partial charge in [0.05, 0.1) is 0 Å². The van der Waals surface area contributed by atoms with Crippen molar-refractivity contribution < 1.29 is 14.7 Å². The van der Waals surface area contributed by atoms with Crippen molar-refractivity contribution in [2.24, 2.45) is 0 Å². The van der Waals surface area contributed by atoms with Crippen LogP contribution in [0.2, 0.25) is 5.02 Å². The Morgan fingerprint density at radius 3 is 2.40 bits per heavy atom. The number of carbonyl (C=O) groups excluding carboxylic acids is 1. The van der Waals surface area contributed by atoms with Crippen molar-refractivity contribution in [1.29, 1.82) is 0 Å². The van der Waals surface area contributed by atoms with Crippen LogP contribution in [0.1, 0.15) is 28.3 Å². The highest BCUT2D eigenvalue weighted by Gasteiger charge is 2.33. The maximum atomic E-state index is 12.5. The molecule has 5 nitrogen and oxygen atoms in total. The second-order valence-corrected chi connectivity index (χ2v) is 6.56. The van der Waals surface area contributed by atoms with Crippen LogP contribution in [0, 0.1) is 0 Å². The van der Waals surface area contributed by atoms with Gasteiger partial charge in [-0.2, -0.15) is 0 Å². The number of carboxylic acid groups (broad SMARTS) is 1. The van der Waals surface area contributed by atoms with Gasteiger partial charge in [-0.3, -0.25) is 4.79 Å². The first kappa shape index (κ1) is 17.3. The Labute approximate surface area is 151 Å². The lowest BCUT2D eigenvalue weighted by atomic mass is 9.86. The van der Waals surface area contributed by atoms with E-state index in [0.29, 0.717) is 30.1 Å². The summed E-state index contributed by atoms with van der Waals surface area (Å²) in [6, 6.07) is 16.3. The molecule has 2 aromatic carbocycles. The highest BCUT2D eigenvalue weighted by molar-refractivity contribution is 6.30. The molecule has 0 radical (unpaired) electrons. The largest absolute Gasteiger partial charge is 0.465 e. The van der Waals surface area contributed by atoms with Gasteiger partial charge in [-0.15, -0.1) is 0 Å². The molecular formula is C19H19ClN2O3. The number of nitrogens with zero attached hydrogens (tertiary/aromatic N) is 1. The van der Waals surface area contributed by atoms with E-state index >= 15 is 0 Å². The molecule has 2 aromatic rings. The number of piperidine rings is 1. The van der Waals surface area contributed by atoms with Crippen LogP contribution in [-0.2, 0) is 0 Å². The Hall–Kier alpha value is -2.53. The molecule has 2 atom stereocenters. The Morgan fingerprint density at radius 1 is 1.08 bits per heavy atom. The summed E-state index contributed by atoms with van der Waals surface area (Å²) in [4.78, 5) is 25.3. The summed E-state index contributed by atoms with van der Waals surface area (Å²) in [7, 11) is 0. The van der Waals surface area contributed by atoms with Crippen LogP contribution < -0.4 is 5.32 Å². The van der Waals surface area contributed by atoms with E-state index in [9.17, 15) is 14.7 Å². The number of hydrogen-bond acceptors (Lipinski definition) is 2. The molecule has 6 heteroatoms. The van der Waals surface area contributed by atoms with E-state index < -0.39 is 6.09 Å². The normalized spacial score (nSPS) is 20.1. The van der Waals surface area contributed by atoms with Crippen LogP contribution in [0.5, 0.6) is 0 Å². The average Bonchev–Trinajstić information content (AvgIpc) is 2.63. The van der Waals surface area contributed by atoms with E-state index in [4.69, 9.17) is 11.6 Å². The molecule has 0 spiro atoms. The Bertz CT molecular complexity index is 749. The van der Waals surface area contributed by atoms with Crippen LogP contribution in [0.4, 0.5) is 4.79 Å². The highest BCUT2D eigenvalue weighted by atomic mass is 35.5. The fourth-order valence-electron chi connectivity index (χ4n) is 3.19. The van der Waals surface area contributed by atoms with E-state index in [0.717, 1.165) is 5.56 Å². The Morgan fingerprint density at radius 2 is 1.76 bits per heavy atom. The molecule has 2 N–H and O–H groups in total. The first-order valence-corrected chi connectivity index (χ1v) is 8.51. The van der Waals surface area contributed by atoms with Crippen molar-refractivity contribution in [2.45, 2.75) is 18.4 Å². The van der Waals surface area contributed by atoms with Gasteiger partial charge in [-0.25, -0.2) is 4.79 Å². The SMILES string of the molecule is O=C(NC1CCN(C(=O)O)CC1c1ccccc1)c1ccc(Cl)cc1. The number of carbonyl (C=O) groups is 2. The van der Waals surface area contributed by atoms with Crippen molar-refractivity contribution in [1.82, 2.24) is 10.2 Å². The summed E-state index contributed by atoms with van der Waals surface area (Å²) < 4.78 is 0. The zero-order valence-electron chi connectivity index (χ0n) is 13.6. The maximum Gasteiger partial charge on any atom is 0.407 e. The highest BCUT2D eigenvalue weighted by Crippen LogP contribution is 2.28. The first-order valence-electron chi connectivity index (χ1n) is 8.14. The minimum atomic E-state index is -0.927. The van der Waals surface area contributed by atoms with Crippen LogP contribution in [0.25, 0.3) is 0 Å². The molecule has 0 saturated carbocycles. The van der Waals surface area contributed by atoms with E-state index in [1.54, 1.807) is 24.3 Å². The van der Waals surface area contributed by atoms with Gasteiger partial charge in [0.25, 0.3) is 5.91 Å². The van der Waals surface area contributed by atoms with Gasteiger partial charge < -0.3 is 15.3 Å². The third-order valence-corrected chi connectivity index (χ3v) is 4.79. The fourth-order valence-corrected chi connectivity index (χ4v) is 3.32. The predicted molar refractivity (Wildman–Crippen MR) is 96.1 cm³/mol. The third-order valence-electron chi connectivity index (χ3n) is 4.53. The van der Waals surface area contributed by atoms with Gasteiger partial charge in [0, 0.05) is 35.6 Å². The fraction of sp³-hybridized carbons (Fsp3) is 0.263. The lowest BCUT2D eigenvalue weighted by molar-refractivity contribution is 0.0888. The molecule has 3 rings (SSSR count). The van der Waals surface area contributed by atoms with Crippen LogP contribution >= 0.6 is 11.6 Å². The van der Waals surface area contributed by atoms with E-state index in [-0.39, 0.29) is 17.9 Å². The van der Waals surface area contributed by atoms with Gasteiger partial charge in [0.1, 0.15) is 0 Å². The van der Waals surface area contributed by atoms with Gasteiger partial charge in [-0.05, 0) is 36.2 Å². The summed E-state index contributed by atoms with van der Waals surface area (Å²) in [5, 5.41) is 12.9. The number of hydrogen-bond donors (Lipinski definition) is 2. The summed E-state index contributed by atoms with van der Waals surface area (Å²) in [6.45, 7) is 0.773. The van der Waals surface area contributed by atoms with Gasteiger partial charge >= 0.3 is 6.09 Å². The van der Waals surface area contributed by atoms with Crippen LogP contribution in [0.3, 0.4) is 0 Å². The van der Waals surface area contributed by atoms with Crippen molar-refractivity contribution in [3.8, 4) is 0 Å². The number of likely N-dealkylation sites (tertiary alicyclic amines) is 1. The molecule has 0 aromatic heterocycles. The van der Waals surface area contributed by atoms with Gasteiger partial charge in [0.15, 0.2) is 0 Å². The van der Waals surface area contributed by atoms with Gasteiger partial charge in [0.2, 0.25) is 0 Å². The van der Waals surface area contributed by atoms with E-state index in [2.05, 4.69) is 5.32 Å². The lowest BCUT2D eigenvalue weighted by Gasteiger charge is -2.38. The summed E-state index contributed by atoms with van der Waals surface area (Å²) >= 11 is 5.86. The van der Waals surface area contributed by atoms with Crippen molar-refractivity contribution >= 4 is 23.6 Å². The minimum Gasteiger partial charge on any atom is -0.465 e. The number of halogens is 1. The van der Waals surface area contributed by atoms with Crippen LogP contribution in [0.15, 0.2) is 54.6 Å². The molecule has 1 saturated heterocycles. The Balaban J connectivity index is 1.79. The van der Waals surface area contributed by atoms with Gasteiger partial charge in [-0.1, -0.05) is 41.9 Å². The lowest BCUT2D eigenvalue weighted by Crippen LogP contribution is -2.51. The molecule has 2 unspecified atom stereocenters. The van der Waals surface area contributed by atoms with E-state index in [1.165, 1.54) is 4.90 Å². The molecule has 1 heterocycles. The summed E-state index contributed by atoms with van der Waals surface area (Å²) in [6.07, 6.45) is -0.353. The maximum absolute atomic E-state index is 12.5. The summed E-state index contributed by atoms with van der Waals surface area (Å²) in [5.41, 5.74) is 1.56. The number of amides is 2. The second kappa shape index (κ2) is 7.57. The molecule has 25 heavy (non-hydrogen) atoms. The molecule has 2 amide bonds. The molecular weight excluding hydrogens is 340 g/mol. The smallest absolute Gasteiger partial charge is 0.407 e. The van der Waals surface area contributed by atoms with Crippen molar-refractivity contribution in [2.75, 3.05) is 13.1 Å². The minimum absolute atomic E-state index is 0.0812. The molecule has 0 bridgehead atoms. The molecule has 1 aliphatic rings. The van der Waals surface area contributed by atoms with Crippen molar-refractivity contribution in [3.05, 3.63) is 70.7 Å². The average molecular weight is 359 g/mol. The standard InChI is InChI=1S/C19H19ClN2O3/c20-15-8-6-14(7-9-15)18(23)21-17-10-11-22(19(24)25)12-16(17)13-4-2-1-3-5-13/h1-9,16-17H,10-12H2,(H,21,23)(H,24,25). The number of rotatable bonds is 3. The Kier molecular flexibility index (Phi) is 5.24. The first-order chi connectivity index (χ1) is 12.0. The van der Waals surface area contributed by atoms with Crippen molar-refractivity contribution in [3.63, 3.8) is 0 Å².